The van der Waals surface area contributed by atoms with E-state index in [0.29, 0.717) is 29.7 Å². The highest BCUT2D eigenvalue weighted by atomic mass is 35.5. The second-order valence-electron chi connectivity index (χ2n) is 5.02. The third kappa shape index (κ3) is 5.73. The van der Waals surface area contributed by atoms with Gasteiger partial charge in [0, 0.05) is 12.1 Å². The molecule has 0 saturated carbocycles. The van der Waals surface area contributed by atoms with Crippen molar-refractivity contribution in [1.82, 2.24) is 5.32 Å². The molecule has 6 heteroatoms. The topological polar surface area (TPSA) is 50.4 Å². The van der Waals surface area contributed by atoms with Crippen molar-refractivity contribution < 1.29 is 9.53 Å². The van der Waals surface area contributed by atoms with Crippen molar-refractivity contribution in [2.75, 3.05) is 25.0 Å². The Labute approximate surface area is 137 Å². The zero-order valence-electron chi connectivity index (χ0n) is 12.2. The number of amides is 1. The molecule has 0 spiro atoms. The van der Waals surface area contributed by atoms with E-state index >= 15 is 0 Å². The molecular weight excluding hydrogens is 311 g/mol. The van der Waals surface area contributed by atoms with Crippen LogP contribution in [-0.2, 0) is 4.79 Å². The first-order valence-electron chi connectivity index (χ1n) is 7.12. The lowest BCUT2D eigenvalue weighted by Crippen LogP contribution is -2.30. The molecule has 21 heavy (non-hydrogen) atoms. The Kier molecular flexibility index (Phi) is 7.86. The molecular formula is C15H22Cl2N2O2. The number of carbonyl (C=O) groups excluding carboxylic acids is 1. The highest BCUT2D eigenvalue weighted by Gasteiger charge is 2.17. The molecule has 0 atom stereocenters. The van der Waals surface area contributed by atoms with Gasteiger partial charge >= 0.3 is 0 Å². The maximum Gasteiger partial charge on any atom is 0.224 e. The smallest absolute Gasteiger partial charge is 0.224 e. The van der Waals surface area contributed by atoms with Crippen LogP contribution in [0.4, 0.5) is 5.69 Å². The highest BCUT2D eigenvalue weighted by Crippen LogP contribution is 2.28. The third-order valence-electron chi connectivity index (χ3n) is 3.45. The van der Waals surface area contributed by atoms with Gasteiger partial charge in [0.1, 0.15) is 5.75 Å². The maximum absolute atomic E-state index is 12.0. The molecule has 0 aromatic heterocycles. The van der Waals surface area contributed by atoms with Crippen molar-refractivity contribution >= 4 is 35.6 Å². The summed E-state index contributed by atoms with van der Waals surface area (Å²) in [4.78, 5) is 12.0. The predicted molar refractivity (Wildman–Crippen MR) is 88.7 cm³/mol. The standard InChI is InChI=1S/C15H21ClN2O2.ClH/c1-2-20-14-4-3-12(10-13(14)16)18-15(19)9-11-5-7-17-8-6-11;/h3-4,10-11,17H,2,5-9H2,1H3,(H,18,19);1H. The van der Waals surface area contributed by atoms with E-state index in [-0.39, 0.29) is 18.3 Å². The number of halogens is 2. The first kappa shape index (κ1) is 18.1. The third-order valence-corrected chi connectivity index (χ3v) is 3.74. The lowest BCUT2D eigenvalue weighted by Gasteiger charge is -2.22. The minimum atomic E-state index is 0. The van der Waals surface area contributed by atoms with Crippen LogP contribution in [-0.4, -0.2) is 25.6 Å². The number of benzene rings is 1. The number of ether oxygens (including phenoxy) is 1. The minimum absolute atomic E-state index is 0. The molecule has 1 aromatic rings. The monoisotopic (exact) mass is 332 g/mol. The molecule has 1 fully saturated rings. The van der Waals surface area contributed by atoms with Gasteiger partial charge in [-0.2, -0.15) is 0 Å². The van der Waals surface area contributed by atoms with E-state index in [1.807, 2.05) is 13.0 Å². The van der Waals surface area contributed by atoms with Gasteiger partial charge in [0.15, 0.2) is 0 Å². The molecule has 4 nitrogen and oxygen atoms in total. The predicted octanol–water partition coefficient (Wildman–Crippen LogP) is 3.49. The molecule has 1 saturated heterocycles. The number of carbonyl (C=O) groups is 1. The van der Waals surface area contributed by atoms with E-state index in [4.69, 9.17) is 16.3 Å². The highest BCUT2D eigenvalue weighted by molar-refractivity contribution is 6.32. The minimum Gasteiger partial charge on any atom is -0.492 e. The van der Waals surface area contributed by atoms with Crippen molar-refractivity contribution in [3.8, 4) is 5.75 Å². The SMILES string of the molecule is CCOc1ccc(NC(=O)CC2CCNCC2)cc1Cl.Cl. The van der Waals surface area contributed by atoms with Crippen LogP contribution in [0.25, 0.3) is 0 Å². The molecule has 2 N–H and O–H groups in total. The second kappa shape index (κ2) is 9.13. The van der Waals surface area contributed by atoms with Crippen LogP contribution < -0.4 is 15.4 Å². The van der Waals surface area contributed by atoms with Crippen LogP contribution in [0.15, 0.2) is 18.2 Å². The van der Waals surface area contributed by atoms with Gasteiger partial charge in [-0.15, -0.1) is 12.4 Å². The molecule has 118 valence electrons. The van der Waals surface area contributed by atoms with Crippen LogP contribution in [0.3, 0.4) is 0 Å². The van der Waals surface area contributed by atoms with E-state index in [0.717, 1.165) is 31.6 Å². The van der Waals surface area contributed by atoms with Gasteiger partial charge in [-0.05, 0) is 57.0 Å². The molecule has 1 aliphatic rings. The Morgan fingerprint density at radius 1 is 1.43 bits per heavy atom. The average molecular weight is 333 g/mol. The van der Waals surface area contributed by atoms with Crippen molar-refractivity contribution in [2.24, 2.45) is 5.92 Å². The summed E-state index contributed by atoms with van der Waals surface area (Å²) in [5, 5.41) is 6.72. The Bertz CT molecular complexity index is 463. The van der Waals surface area contributed by atoms with E-state index in [1.165, 1.54) is 0 Å². The average Bonchev–Trinajstić information content (AvgIpc) is 2.43. The van der Waals surface area contributed by atoms with Crippen molar-refractivity contribution in [3.05, 3.63) is 23.2 Å². The normalized spacial score (nSPS) is 15.1. The van der Waals surface area contributed by atoms with Gasteiger partial charge in [-0.25, -0.2) is 0 Å². The summed E-state index contributed by atoms with van der Waals surface area (Å²) >= 11 is 6.10. The summed E-state index contributed by atoms with van der Waals surface area (Å²) in [6, 6.07) is 5.33. The zero-order valence-corrected chi connectivity index (χ0v) is 13.7. The molecule has 1 aromatic carbocycles. The van der Waals surface area contributed by atoms with Crippen LogP contribution in [0, 0.1) is 5.92 Å². The maximum atomic E-state index is 12.0. The molecule has 2 rings (SSSR count). The molecule has 1 amide bonds. The summed E-state index contributed by atoms with van der Waals surface area (Å²) in [7, 11) is 0. The number of nitrogens with one attached hydrogen (secondary N) is 2. The van der Waals surface area contributed by atoms with Crippen molar-refractivity contribution in [1.29, 1.82) is 0 Å². The van der Waals surface area contributed by atoms with Crippen molar-refractivity contribution in [3.63, 3.8) is 0 Å². The van der Waals surface area contributed by atoms with Gasteiger partial charge in [0.2, 0.25) is 5.91 Å². The molecule has 0 unspecified atom stereocenters. The number of hydrogen-bond acceptors (Lipinski definition) is 3. The fraction of sp³-hybridized carbons (Fsp3) is 0.533. The Morgan fingerprint density at radius 2 is 2.14 bits per heavy atom. The first-order chi connectivity index (χ1) is 9.69. The van der Waals surface area contributed by atoms with Crippen LogP contribution in [0.1, 0.15) is 26.2 Å². The quantitative estimate of drug-likeness (QED) is 0.867. The molecule has 0 radical (unpaired) electrons. The largest absolute Gasteiger partial charge is 0.492 e. The van der Waals surface area contributed by atoms with Gasteiger partial charge in [-0.1, -0.05) is 11.6 Å². The summed E-state index contributed by atoms with van der Waals surface area (Å²) < 4.78 is 5.37. The first-order valence-corrected chi connectivity index (χ1v) is 7.49. The summed E-state index contributed by atoms with van der Waals surface area (Å²) in [5.41, 5.74) is 0.720. The number of piperidine rings is 1. The lowest BCUT2D eigenvalue weighted by molar-refractivity contribution is -0.117. The van der Waals surface area contributed by atoms with Gasteiger partial charge < -0.3 is 15.4 Å². The van der Waals surface area contributed by atoms with Gasteiger partial charge in [0.25, 0.3) is 0 Å². The van der Waals surface area contributed by atoms with E-state index < -0.39 is 0 Å². The number of anilines is 1. The Balaban J connectivity index is 0.00000220. The lowest BCUT2D eigenvalue weighted by atomic mass is 9.94. The van der Waals surface area contributed by atoms with Gasteiger partial charge in [0.05, 0.1) is 11.6 Å². The van der Waals surface area contributed by atoms with Crippen LogP contribution in [0.5, 0.6) is 5.75 Å². The van der Waals surface area contributed by atoms with Crippen molar-refractivity contribution in [2.45, 2.75) is 26.2 Å². The molecule has 0 aliphatic carbocycles. The molecule has 0 bridgehead atoms. The summed E-state index contributed by atoms with van der Waals surface area (Å²) in [5.74, 6) is 1.18. The van der Waals surface area contributed by atoms with E-state index in [1.54, 1.807) is 12.1 Å². The summed E-state index contributed by atoms with van der Waals surface area (Å²) in [6.07, 6.45) is 2.71. The number of rotatable bonds is 5. The van der Waals surface area contributed by atoms with Crippen LogP contribution >= 0.6 is 24.0 Å². The Hall–Kier alpha value is -0.970. The summed E-state index contributed by atoms with van der Waals surface area (Å²) in [6.45, 7) is 4.49. The Morgan fingerprint density at radius 3 is 2.76 bits per heavy atom. The van der Waals surface area contributed by atoms with Crippen LogP contribution in [0.2, 0.25) is 5.02 Å². The van der Waals surface area contributed by atoms with E-state index in [9.17, 15) is 4.79 Å². The molecule has 1 heterocycles. The zero-order chi connectivity index (χ0) is 14.4. The number of hydrogen-bond donors (Lipinski definition) is 2. The van der Waals surface area contributed by atoms with E-state index in [2.05, 4.69) is 10.6 Å². The fourth-order valence-corrected chi connectivity index (χ4v) is 2.65. The van der Waals surface area contributed by atoms with Gasteiger partial charge in [-0.3, -0.25) is 4.79 Å². The molecule has 1 aliphatic heterocycles. The second-order valence-corrected chi connectivity index (χ2v) is 5.43. The fourth-order valence-electron chi connectivity index (χ4n) is 2.41.